The van der Waals surface area contributed by atoms with E-state index in [9.17, 15) is 14.7 Å². The molecule has 1 aromatic heterocycles. The van der Waals surface area contributed by atoms with Gasteiger partial charge in [0.05, 0.1) is 18.0 Å². The Hall–Kier alpha value is -2.10. The van der Waals surface area contributed by atoms with Gasteiger partial charge in [-0.1, -0.05) is 11.6 Å². The number of carboxylic acids is 1. The molecule has 88 valence electrons. The summed E-state index contributed by atoms with van der Waals surface area (Å²) in [7, 11) is 0. The van der Waals surface area contributed by atoms with Gasteiger partial charge in [-0.2, -0.15) is 0 Å². The average Bonchev–Trinajstić information content (AvgIpc) is 2.24. The maximum absolute atomic E-state index is 11.7. The molecule has 0 saturated heterocycles. The number of nitrogens with zero attached hydrogens (tertiary/aromatic N) is 1. The number of hydrogen-bond donors (Lipinski definition) is 0. The van der Waals surface area contributed by atoms with E-state index < -0.39 is 12.5 Å². The molecule has 0 spiro atoms. The number of fused-ring (bicyclic) bond motifs is 1. The summed E-state index contributed by atoms with van der Waals surface area (Å²) in [5, 5.41) is 11.5. The van der Waals surface area contributed by atoms with Crippen LogP contribution in [0.1, 0.15) is 11.1 Å². The largest absolute Gasteiger partial charge is 0.548 e. The number of aliphatic carboxylic acids is 1. The topological polar surface area (TPSA) is 62.1 Å². The summed E-state index contributed by atoms with van der Waals surface area (Å²) in [4.78, 5) is 22.4. The molecule has 0 amide bonds. The molecule has 0 N–H and O–H groups in total. The molecule has 0 saturated carbocycles. The van der Waals surface area contributed by atoms with Crippen LogP contribution < -0.4 is 10.7 Å². The third-order valence-electron chi connectivity index (χ3n) is 2.76. The number of rotatable bonds is 2. The molecule has 0 aliphatic carbocycles. The predicted octanol–water partition coefficient (Wildman–Crippen LogP) is 0.368. The van der Waals surface area contributed by atoms with Gasteiger partial charge >= 0.3 is 0 Å². The Kier molecular flexibility index (Phi) is 2.71. The number of carbonyl (C=O) groups is 1. The number of pyridine rings is 1. The third-order valence-corrected chi connectivity index (χ3v) is 2.76. The first-order chi connectivity index (χ1) is 7.99. The van der Waals surface area contributed by atoms with E-state index in [1.807, 2.05) is 26.0 Å². The van der Waals surface area contributed by atoms with E-state index in [1.165, 1.54) is 10.6 Å². The van der Waals surface area contributed by atoms with Crippen LogP contribution >= 0.6 is 0 Å². The zero-order chi connectivity index (χ0) is 12.6. The van der Waals surface area contributed by atoms with Crippen LogP contribution in [0.5, 0.6) is 0 Å². The average molecular weight is 230 g/mol. The van der Waals surface area contributed by atoms with E-state index in [-0.39, 0.29) is 5.56 Å². The molecule has 2 rings (SSSR count). The van der Waals surface area contributed by atoms with Crippen LogP contribution in [0.4, 0.5) is 0 Å². The molecule has 0 fully saturated rings. The molecule has 2 aromatic rings. The Balaban J connectivity index is 2.83. The second-order valence-electron chi connectivity index (χ2n) is 4.14. The Labute approximate surface area is 98.1 Å². The summed E-state index contributed by atoms with van der Waals surface area (Å²) in [5.41, 5.74) is 2.23. The molecule has 17 heavy (non-hydrogen) atoms. The fourth-order valence-corrected chi connectivity index (χ4v) is 1.95. The minimum atomic E-state index is -1.27. The van der Waals surface area contributed by atoms with Crippen molar-refractivity contribution in [2.75, 3.05) is 0 Å². The molecule has 0 bridgehead atoms. The lowest BCUT2D eigenvalue weighted by molar-refractivity contribution is -0.306. The van der Waals surface area contributed by atoms with Gasteiger partial charge < -0.3 is 14.5 Å². The van der Waals surface area contributed by atoms with Gasteiger partial charge in [-0.05, 0) is 31.5 Å². The van der Waals surface area contributed by atoms with Crippen molar-refractivity contribution < 1.29 is 9.90 Å². The maximum Gasteiger partial charge on any atom is 0.251 e. The number of aromatic nitrogens is 1. The standard InChI is InChI=1S/C13H13NO3/c1-8-3-4-11-10(5-8)9(2)6-12(15)14(11)7-13(16)17/h3-6H,7H2,1-2H3,(H,16,17)/p-1. The van der Waals surface area contributed by atoms with Gasteiger partial charge in [-0.3, -0.25) is 4.79 Å². The highest BCUT2D eigenvalue weighted by Gasteiger charge is 2.06. The van der Waals surface area contributed by atoms with E-state index in [2.05, 4.69) is 0 Å². The predicted molar refractivity (Wildman–Crippen MR) is 62.7 cm³/mol. The van der Waals surface area contributed by atoms with E-state index in [1.54, 1.807) is 6.07 Å². The minimum absolute atomic E-state index is 0.317. The number of hydrogen-bond acceptors (Lipinski definition) is 3. The number of aryl methyl sites for hydroxylation is 2. The fourth-order valence-electron chi connectivity index (χ4n) is 1.95. The van der Waals surface area contributed by atoms with Crippen LogP contribution in [0.2, 0.25) is 0 Å². The number of carbonyl (C=O) groups excluding carboxylic acids is 1. The summed E-state index contributed by atoms with van der Waals surface area (Å²) in [6.45, 7) is 3.37. The lowest BCUT2D eigenvalue weighted by Crippen LogP contribution is -2.33. The van der Waals surface area contributed by atoms with Crippen molar-refractivity contribution in [3.63, 3.8) is 0 Å². The van der Waals surface area contributed by atoms with Gasteiger partial charge in [-0.15, -0.1) is 0 Å². The van der Waals surface area contributed by atoms with Gasteiger partial charge in [0.1, 0.15) is 0 Å². The monoisotopic (exact) mass is 230 g/mol. The summed E-state index contributed by atoms with van der Waals surface area (Å²) in [6, 6.07) is 7.01. The Morgan fingerprint density at radius 3 is 2.65 bits per heavy atom. The van der Waals surface area contributed by atoms with Crippen molar-refractivity contribution in [1.29, 1.82) is 0 Å². The molecule has 0 aliphatic heterocycles. The van der Waals surface area contributed by atoms with Crippen molar-refractivity contribution in [2.45, 2.75) is 20.4 Å². The highest BCUT2D eigenvalue weighted by atomic mass is 16.4. The smallest absolute Gasteiger partial charge is 0.251 e. The lowest BCUT2D eigenvalue weighted by atomic mass is 10.1. The van der Waals surface area contributed by atoms with Crippen LogP contribution in [-0.2, 0) is 11.3 Å². The second kappa shape index (κ2) is 4.05. The first kappa shape index (κ1) is 11.4. The van der Waals surface area contributed by atoms with Gasteiger partial charge in [0.25, 0.3) is 5.56 Å². The molecule has 1 heterocycles. The van der Waals surface area contributed by atoms with Gasteiger partial charge in [-0.25, -0.2) is 0 Å². The van der Waals surface area contributed by atoms with Gasteiger partial charge in [0.2, 0.25) is 0 Å². The maximum atomic E-state index is 11.7. The van der Waals surface area contributed by atoms with Crippen molar-refractivity contribution in [2.24, 2.45) is 0 Å². The van der Waals surface area contributed by atoms with Crippen LogP contribution in [0, 0.1) is 13.8 Å². The lowest BCUT2D eigenvalue weighted by Gasteiger charge is -2.12. The van der Waals surface area contributed by atoms with Crippen molar-refractivity contribution >= 4 is 16.9 Å². The molecule has 0 aliphatic rings. The van der Waals surface area contributed by atoms with Crippen molar-refractivity contribution in [3.8, 4) is 0 Å². The van der Waals surface area contributed by atoms with Gasteiger partial charge in [0.15, 0.2) is 0 Å². The quantitative estimate of drug-likeness (QED) is 0.748. The van der Waals surface area contributed by atoms with Crippen molar-refractivity contribution in [3.05, 3.63) is 45.7 Å². The highest BCUT2D eigenvalue weighted by Crippen LogP contribution is 2.17. The summed E-state index contributed by atoms with van der Waals surface area (Å²) in [5.74, 6) is -1.27. The minimum Gasteiger partial charge on any atom is -0.548 e. The van der Waals surface area contributed by atoms with Crippen molar-refractivity contribution in [1.82, 2.24) is 4.57 Å². The summed E-state index contributed by atoms with van der Waals surface area (Å²) < 4.78 is 1.22. The summed E-state index contributed by atoms with van der Waals surface area (Å²) in [6.07, 6.45) is 0. The Morgan fingerprint density at radius 1 is 1.29 bits per heavy atom. The Bertz CT molecular complexity index is 655. The van der Waals surface area contributed by atoms with Crippen LogP contribution in [0.15, 0.2) is 29.1 Å². The molecule has 0 radical (unpaired) electrons. The molecular formula is C13H12NO3-. The fraction of sp³-hybridized carbons (Fsp3) is 0.231. The Morgan fingerprint density at radius 2 is 2.00 bits per heavy atom. The van der Waals surface area contributed by atoms with E-state index in [0.29, 0.717) is 5.52 Å². The van der Waals surface area contributed by atoms with E-state index >= 15 is 0 Å². The molecule has 1 aromatic carbocycles. The van der Waals surface area contributed by atoms with Crippen LogP contribution in [0.25, 0.3) is 10.9 Å². The molecule has 0 unspecified atom stereocenters. The van der Waals surface area contributed by atoms with Crippen LogP contribution in [0.3, 0.4) is 0 Å². The van der Waals surface area contributed by atoms with Crippen LogP contribution in [-0.4, -0.2) is 10.5 Å². The molecular weight excluding hydrogens is 218 g/mol. The first-order valence-electron chi connectivity index (χ1n) is 5.29. The first-order valence-corrected chi connectivity index (χ1v) is 5.29. The molecule has 4 heteroatoms. The zero-order valence-corrected chi connectivity index (χ0v) is 9.69. The zero-order valence-electron chi connectivity index (χ0n) is 9.69. The number of benzene rings is 1. The molecule has 4 nitrogen and oxygen atoms in total. The second-order valence-corrected chi connectivity index (χ2v) is 4.14. The molecule has 0 atom stereocenters. The third kappa shape index (κ3) is 2.06. The van der Waals surface area contributed by atoms with E-state index in [0.717, 1.165) is 16.5 Å². The number of carboxylic acid groups (broad SMARTS) is 1. The van der Waals surface area contributed by atoms with E-state index in [4.69, 9.17) is 0 Å². The SMILES string of the molecule is Cc1ccc2c(c1)c(C)cc(=O)n2CC(=O)[O-]. The summed E-state index contributed by atoms with van der Waals surface area (Å²) >= 11 is 0. The highest BCUT2D eigenvalue weighted by molar-refractivity contribution is 5.84. The van der Waals surface area contributed by atoms with Gasteiger partial charge in [0, 0.05) is 11.5 Å². The normalized spacial score (nSPS) is 10.7.